The first-order valence-corrected chi connectivity index (χ1v) is 9.00. The summed E-state index contributed by atoms with van der Waals surface area (Å²) in [4.78, 5) is 12.0. The van der Waals surface area contributed by atoms with E-state index in [1.54, 1.807) is 31.2 Å². The molecule has 1 unspecified atom stereocenters. The molecule has 0 aromatic heterocycles. The van der Waals surface area contributed by atoms with Gasteiger partial charge < -0.3 is 10.1 Å². The zero-order valence-corrected chi connectivity index (χ0v) is 13.9. The van der Waals surface area contributed by atoms with Crippen LogP contribution < -0.4 is 5.32 Å². The molecule has 2 rings (SSSR count). The highest BCUT2D eigenvalue weighted by Gasteiger charge is 2.29. The van der Waals surface area contributed by atoms with Crippen LogP contribution in [0, 0.1) is 0 Å². The van der Waals surface area contributed by atoms with Crippen LogP contribution in [0.2, 0.25) is 5.02 Å². The van der Waals surface area contributed by atoms with Gasteiger partial charge in [-0.15, -0.1) is 0 Å². The maximum atomic E-state index is 12.3. The highest BCUT2D eigenvalue weighted by Crippen LogP contribution is 2.15. The SMILES string of the molecule is CC1COCCN1S(=O)(=O)CCNC(=O)c1ccccc1Cl. The molecule has 0 spiro atoms. The topological polar surface area (TPSA) is 75.7 Å². The van der Waals surface area contributed by atoms with Gasteiger partial charge in [0.1, 0.15) is 0 Å². The first-order chi connectivity index (χ1) is 10.4. The molecule has 1 aliphatic heterocycles. The molecule has 1 aliphatic rings. The number of nitrogens with zero attached hydrogens (tertiary/aromatic N) is 1. The third kappa shape index (κ3) is 4.19. The van der Waals surface area contributed by atoms with E-state index in [0.29, 0.717) is 30.3 Å². The number of carbonyl (C=O) groups excluding carboxylic acids is 1. The Balaban J connectivity index is 1.90. The van der Waals surface area contributed by atoms with Crippen LogP contribution in [0.4, 0.5) is 0 Å². The minimum atomic E-state index is -3.41. The molecule has 1 saturated heterocycles. The van der Waals surface area contributed by atoms with E-state index in [0.717, 1.165) is 0 Å². The van der Waals surface area contributed by atoms with Crippen molar-refractivity contribution in [1.82, 2.24) is 9.62 Å². The van der Waals surface area contributed by atoms with Crippen molar-refractivity contribution in [3.8, 4) is 0 Å². The summed E-state index contributed by atoms with van der Waals surface area (Å²) in [6.07, 6.45) is 0. The average molecular weight is 347 g/mol. The third-order valence-electron chi connectivity index (χ3n) is 3.43. The van der Waals surface area contributed by atoms with E-state index in [2.05, 4.69) is 5.32 Å². The van der Waals surface area contributed by atoms with Crippen molar-refractivity contribution in [3.05, 3.63) is 34.9 Å². The summed E-state index contributed by atoms with van der Waals surface area (Å²) in [5.41, 5.74) is 0.335. The third-order valence-corrected chi connectivity index (χ3v) is 5.73. The normalized spacial score (nSPS) is 19.8. The van der Waals surface area contributed by atoms with Gasteiger partial charge in [0.15, 0.2) is 0 Å². The second kappa shape index (κ2) is 7.41. The number of hydrogen-bond acceptors (Lipinski definition) is 4. The summed E-state index contributed by atoms with van der Waals surface area (Å²) in [6, 6.07) is 6.45. The maximum absolute atomic E-state index is 12.3. The lowest BCUT2D eigenvalue weighted by molar-refractivity contribution is 0.0393. The van der Waals surface area contributed by atoms with Crippen LogP contribution in [0.3, 0.4) is 0 Å². The Morgan fingerprint density at radius 2 is 2.18 bits per heavy atom. The number of sulfonamides is 1. The Morgan fingerprint density at radius 1 is 1.45 bits per heavy atom. The average Bonchev–Trinajstić information content (AvgIpc) is 2.47. The van der Waals surface area contributed by atoms with E-state index in [1.807, 2.05) is 0 Å². The molecule has 1 fully saturated rings. The first-order valence-electron chi connectivity index (χ1n) is 7.02. The number of benzene rings is 1. The highest BCUT2D eigenvalue weighted by atomic mass is 35.5. The van der Waals surface area contributed by atoms with Crippen molar-refractivity contribution in [3.63, 3.8) is 0 Å². The predicted octanol–water partition coefficient (Wildman–Crippen LogP) is 1.12. The Morgan fingerprint density at radius 3 is 2.86 bits per heavy atom. The van der Waals surface area contributed by atoms with E-state index in [4.69, 9.17) is 16.3 Å². The van der Waals surface area contributed by atoms with E-state index in [-0.39, 0.29) is 24.2 Å². The maximum Gasteiger partial charge on any atom is 0.252 e. The number of amides is 1. The minimum Gasteiger partial charge on any atom is -0.378 e. The van der Waals surface area contributed by atoms with Crippen LogP contribution in [0.1, 0.15) is 17.3 Å². The number of rotatable bonds is 5. The first kappa shape index (κ1) is 17.2. The summed E-state index contributed by atoms with van der Waals surface area (Å²) in [6.45, 7) is 2.98. The van der Waals surface area contributed by atoms with Gasteiger partial charge in [0.2, 0.25) is 10.0 Å². The fourth-order valence-electron chi connectivity index (χ4n) is 2.28. The number of halogens is 1. The lowest BCUT2D eigenvalue weighted by Gasteiger charge is -2.32. The molecule has 22 heavy (non-hydrogen) atoms. The zero-order chi connectivity index (χ0) is 16.2. The number of nitrogens with one attached hydrogen (secondary N) is 1. The van der Waals surface area contributed by atoms with E-state index in [9.17, 15) is 13.2 Å². The molecule has 1 heterocycles. The highest BCUT2D eigenvalue weighted by molar-refractivity contribution is 7.89. The molecule has 0 bridgehead atoms. The minimum absolute atomic E-state index is 0.0382. The van der Waals surface area contributed by atoms with Crippen LogP contribution in [-0.4, -0.2) is 56.7 Å². The van der Waals surface area contributed by atoms with Crippen molar-refractivity contribution in [2.45, 2.75) is 13.0 Å². The van der Waals surface area contributed by atoms with Gasteiger partial charge in [-0.3, -0.25) is 4.79 Å². The molecule has 0 radical (unpaired) electrons. The van der Waals surface area contributed by atoms with E-state index in [1.165, 1.54) is 4.31 Å². The smallest absolute Gasteiger partial charge is 0.252 e. The van der Waals surface area contributed by atoms with Gasteiger partial charge in [0, 0.05) is 19.1 Å². The quantitative estimate of drug-likeness (QED) is 0.867. The molecule has 122 valence electrons. The van der Waals surface area contributed by atoms with Crippen molar-refractivity contribution in [2.75, 3.05) is 32.1 Å². The summed E-state index contributed by atoms with van der Waals surface area (Å²) < 4.78 is 31.2. The standard InChI is InChI=1S/C14H19ClN2O4S/c1-11-10-21-8-7-17(11)22(19,20)9-6-16-14(18)12-4-2-3-5-13(12)15/h2-5,11H,6-10H2,1H3,(H,16,18). The van der Waals surface area contributed by atoms with Gasteiger partial charge >= 0.3 is 0 Å². The molecule has 1 aromatic rings. The molecule has 0 saturated carbocycles. The van der Waals surface area contributed by atoms with Crippen LogP contribution in [0.15, 0.2) is 24.3 Å². The number of carbonyl (C=O) groups is 1. The van der Waals surface area contributed by atoms with Gasteiger partial charge in [-0.05, 0) is 19.1 Å². The molecule has 1 atom stereocenters. The number of hydrogen-bond donors (Lipinski definition) is 1. The number of morpholine rings is 1. The fraction of sp³-hybridized carbons (Fsp3) is 0.500. The second-order valence-electron chi connectivity index (χ2n) is 5.09. The van der Waals surface area contributed by atoms with E-state index >= 15 is 0 Å². The molecule has 1 N–H and O–H groups in total. The van der Waals surface area contributed by atoms with Gasteiger partial charge in [0.25, 0.3) is 5.91 Å². The Bertz CT molecular complexity index is 635. The fourth-order valence-corrected chi connectivity index (χ4v) is 4.05. The molecule has 8 heteroatoms. The molecule has 6 nitrogen and oxygen atoms in total. The summed E-state index contributed by atoms with van der Waals surface area (Å²) in [5, 5.41) is 2.93. The lowest BCUT2D eigenvalue weighted by Crippen LogP contribution is -2.49. The Labute approximate surface area is 135 Å². The second-order valence-corrected chi connectivity index (χ2v) is 7.53. The Kier molecular flexibility index (Phi) is 5.80. The van der Waals surface area contributed by atoms with Crippen molar-refractivity contribution >= 4 is 27.5 Å². The van der Waals surface area contributed by atoms with Crippen LogP contribution in [-0.2, 0) is 14.8 Å². The summed E-state index contributed by atoms with van der Waals surface area (Å²) >= 11 is 5.93. The predicted molar refractivity (Wildman–Crippen MR) is 84.6 cm³/mol. The summed E-state index contributed by atoms with van der Waals surface area (Å²) in [7, 11) is -3.41. The van der Waals surface area contributed by atoms with Crippen molar-refractivity contribution in [2.24, 2.45) is 0 Å². The largest absolute Gasteiger partial charge is 0.378 e. The Hall–Kier alpha value is -1.15. The van der Waals surface area contributed by atoms with Crippen LogP contribution in [0.5, 0.6) is 0 Å². The molecular weight excluding hydrogens is 328 g/mol. The molecular formula is C14H19ClN2O4S. The van der Waals surface area contributed by atoms with Gasteiger partial charge in [-0.1, -0.05) is 23.7 Å². The van der Waals surface area contributed by atoms with Crippen molar-refractivity contribution < 1.29 is 17.9 Å². The number of ether oxygens (including phenoxy) is 1. The van der Waals surface area contributed by atoms with Gasteiger partial charge in [-0.25, -0.2) is 8.42 Å². The van der Waals surface area contributed by atoms with Crippen molar-refractivity contribution in [1.29, 1.82) is 0 Å². The van der Waals surface area contributed by atoms with E-state index < -0.39 is 10.0 Å². The van der Waals surface area contributed by atoms with Crippen LogP contribution in [0.25, 0.3) is 0 Å². The summed E-state index contributed by atoms with van der Waals surface area (Å²) in [5.74, 6) is -0.524. The lowest BCUT2D eigenvalue weighted by atomic mass is 10.2. The zero-order valence-electron chi connectivity index (χ0n) is 12.3. The van der Waals surface area contributed by atoms with Gasteiger partial charge in [0.05, 0.1) is 29.6 Å². The van der Waals surface area contributed by atoms with Crippen LogP contribution >= 0.6 is 11.6 Å². The monoisotopic (exact) mass is 346 g/mol. The van der Waals surface area contributed by atoms with Gasteiger partial charge in [-0.2, -0.15) is 4.31 Å². The molecule has 1 amide bonds. The molecule has 0 aliphatic carbocycles. The molecule has 1 aromatic carbocycles.